The van der Waals surface area contributed by atoms with E-state index in [1.807, 2.05) is 11.0 Å². The van der Waals surface area contributed by atoms with Crippen molar-refractivity contribution < 1.29 is 9.59 Å². The number of hydrogen-bond acceptors (Lipinski definition) is 3. The van der Waals surface area contributed by atoms with E-state index in [0.29, 0.717) is 41.9 Å². The molecule has 5 nitrogen and oxygen atoms in total. The zero-order valence-electron chi connectivity index (χ0n) is 13.6. The monoisotopic (exact) mass is 347 g/mol. The van der Waals surface area contributed by atoms with Gasteiger partial charge in [0.2, 0.25) is 5.91 Å². The van der Waals surface area contributed by atoms with E-state index < -0.39 is 0 Å². The number of fused-ring (bicyclic) bond motifs is 1. The molecule has 0 aromatic heterocycles. The van der Waals surface area contributed by atoms with Gasteiger partial charge in [0.25, 0.3) is 5.91 Å². The highest BCUT2D eigenvalue weighted by atomic mass is 35.5. The second-order valence-corrected chi connectivity index (χ2v) is 7.60. The SMILES string of the molecule is NC1CCC2CN(C(=O)c3cc(N4CCCC4=O)ccc3Cl)CC12. The predicted octanol–water partition coefficient (Wildman–Crippen LogP) is 2.28. The van der Waals surface area contributed by atoms with Crippen LogP contribution in [0.15, 0.2) is 18.2 Å². The van der Waals surface area contributed by atoms with E-state index in [1.165, 1.54) is 0 Å². The van der Waals surface area contributed by atoms with E-state index in [0.717, 1.165) is 31.5 Å². The number of halogens is 1. The maximum absolute atomic E-state index is 13.0. The van der Waals surface area contributed by atoms with Crippen LogP contribution in [-0.4, -0.2) is 42.4 Å². The molecule has 2 N–H and O–H groups in total. The minimum absolute atomic E-state index is 0.0462. The molecule has 4 rings (SSSR count). The van der Waals surface area contributed by atoms with Crippen molar-refractivity contribution in [1.29, 1.82) is 0 Å². The fourth-order valence-electron chi connectivity index (χ4n) is 4.41. The van der Waals surface area contributed by atoms with Gasteiger partial charge in [0, 0.05) is 37.8 Å². The van der Waals surface area contributed by atoms with E-state index in [-0.39, 0.29) is 17.9 Å². The molecule has 1 aromatic rings. The molecule has 1 saturated carbocycles. The lowest BCUT2D eigenvalue weighted by Gasteiger charge is -2.21. The summed E-state index contributed by atoms with van der Waals surface area (Å²) in [6.07, 6.45) is 3.59. The van der Waals surface area contributed by atoms with Crippen LogP contribution in [0, 0.1) is 11.8 Å². The number of nitrogens with two attached hydrogens (primary N) is 1. The van der Waals surface area contributed by atoms with Gasteiger partial charge in [-0.2, -0.15) is 0 Å². The largest absolute Gasteiger partial charge is 0.338 e. The van der Waals surface area contributed by atoms with Gasteiger partial charge in [-0.25, -0.2) is 0 Å². The average molecular weight is 348 g/mol. The summed E-state index contributed by atoms with van der Waals surface area (Å²) in [5.74, 6) is 0.995. The van der Waals surface area contributed by atoms with E-state index in [4.69, 9.17) is 17.3 Å². The molecule has 3 unspecified atom stereocenters. The normalized spacial score (nSPS) is 29.4. The number of carbonyl (C=O) groups is 2. The third-order valence-corrected chi connectivity index (χ3v) is 6.09. The van der Waals surface area contributed by atoms with Gasteiger partial charge >= 0.3 is 0 Å². The first kappa shape index (κ1) is 15.9. The molecule has 2 aliphatic heterocycles. The molecule has 0 spiro atoms. The van der Waals surface area contributed by atoms with E-state index in [9.17, 15) is 9.59 Å². The minimum atomic E-state index is -0.0462. The highest BCUT2D eigenvalue weighted by Crippen LogP contribution is 2.38. The molecule has 1 aromatic carbocycles. The zero-order chi connectivity index (χ0) is 16.8. The molecule has 6 heteroatoms. The van der Waals surface area contributed by atoms with Crippen LogP contribution in [0.1, 0.15) is 36.0 Å². The second kappa shape index (κ2) is 6.05. The standard InChI is InChI=1S/C18H22ClN3O2/c19-15-5-4-12(22-7-1-2-17(22)23)8-13(15)18(24)21-9-11-3-6-16(20)14(11)10-21/h4-5,8,11,14,16H,1-3,6-7,9-10,20H2. The Hall–Kier alpha value is -1.59. The first-order chi connectivity index (χ1) is 11.5. The summed E-state index contributed by atoms with van der Waals surface area (Å²) < 4.78 is 0. The Kier molecular flexibility index (Phi) is 4.01. The fourth-order valence-corrected chi connectivity index (χ4v) is 4.61. The van der Waals surface area contributed by atoms with Crippen molar-refractivity contribution in [3.63, 3.8) is 0 Å². The number of nitrogens with zero attached hydrogens (tertiary/aromatic N) is 2. The molecule has 3 aliphatic rings. The van der Waals surface area contributed by atoms with Crippen LogP contribution in [0.3, 0.4) is 0 Å². The van der Waals surface area contributed by atoms with E-state index in [1.54, 1.807) is 17.0 Å². The smallest absolute Gasteiger partial charge is 0.255 e. The van der Waals surface area contributed by atoms with Crippen molar-refractivity contribution in [2.45, 2.75) is 31.7 Å². The Labute approximate surface area is 146 Å². The average Bonchev–Trinajstić information content (AvgIpc) is 3.25. The molecular weight excluding hydrogens is 326 g/mol. The molecule has 24 heavy (non-hydrogen) atoms. The number of benzene rings is 1. The third-order valence-electron chi connectivity index (χ3n) is 5.76. The summed E-state index contributed by atoms with van der Waals surface area (Å²) in [4.78, 5) is 28.5. The van der Waals surface area contributed by atoms with Crippen molar-refractivity contribution in [2.24, 2.45) is 17.6 Å². The topological polar surface area (TPSA) is 66.6 Å². The molecule has 128 valence electrons. The van der Waals surface area contributed by atoms with Crippen LogP contribution >= 0.6 is 11.6 Å². The summed E-state index contributed by atoms with van der Waals surface area (Å²) in [6.45, 7) is 2.19. The highest BCUT2D eigenvalue weighted by Gasteiger charge is 2.42. The number of anilines is 1. The van der Waals surface area contributed by atoms with Crippen molar-refractivity contribution in [3.8, 4) is 0 Å². The summed E-state index contributed by atoms with van der Waals surface area (Å²) in [6, 6.07) is 5.51. The van der Waals surface area contributed by atoms with Crippen molar-refractivity contribution in [3.05, 3.63) is 28.8 Å². The number of hydrogen-bond donors (Lipinski definition) is 1. The van der Waals surface area contributed by atoms with Crippen LogP contribution < -0.4 is 10.6 Å². The molecule has 2 saturated heterocycles. The van der Waals surface area contributed by atoms with Crippen LogP contribution in [-0.2, 0) is 4.79 Å². The summed E-state index contributed by atoms with van der Waals surface area (Å²) in [5, 5.41) is 0.441. The molecule has 3 atom stereocenters. The van der Waals surface area contributed by atoms with Crippen LogP contribution in [0.2, 0.25) is 5.02 Å². The van der Waals surface area contributed by atoms with Crippen molar-refractivity contribution >= 4 is 29.1 Å². The summed E-state index contributed by atoms with van der Waals surface area (Å²) >= 11 is 6.29. The third kappa shape index (κ3) is 2.60. The number of amides is 2. The summed E-state index contributed by atoms with van der Waals surface area (Å²) in [5.41, 5.74) is 7.42. The van der Waals surface area contributed by atoms with Crippen molar-refractivity contribution in [2.75, 3.05) is 24.5 Å². The maximum atomic E-state index is 13.0. The highest BCUT2D eigenvalue weighted by molar-refractivity contribution is 6.34. The van der Waals surface area contributed by atoms with E-state index >= 15 is 0 Å². The molecule has 0 bridgehead atoms. The van der Waals surface area contributed by atoms with Gasteiger partial charge in [0.15, 0.2) is 0 Å². The quantitative estimate of drug-likeness (QED) is 0.892. The van der Waals surface area contributed by atoms with Gasteiger partial charge in [-0.15, -0.1) is 0 Å². The van der Waals surface area contributed by atoms with Crippen LogP contribution in [0.4, 0.5) is 5.69 Å². The number of likely N-dealkylation sites (tertiary alicyclic amines) is 1. The Morgan fingerprint density at radius 2 is 2.08 bits per heavy atom. The lowest BCUT2D eigenvalue weighted by Crippen LogP contribution is -2.33. The first-order valence-electron chi connectivity index (χ1n) is 8.69. The van der Waals surface area contributed by atoms with Crippen molar-refractivity contribution in [1.82, 2.24) is 4.90 Å². The lowest BCUT2D eigenvalue weighted by atomic mass is 9.98. The molecule has 3 fully saturated rings. The maximum Gasteiger partial charge on any atom is 0.255 e. The minimum Gasteiger partial charge on any atom is -0.338 e. The van der Waals surface area contributed by atoms with Gasteiger partial charge in [-0.05, 0) is 49.3 Å². The van der Waals surface area contributed by atoms with Gasteiger partial charge in [0.05, 0.1) is 10.6 Å². The van der Waals surface area contributed by atoms with Gasteiger partial charge < -0.3 is 15.5 Å². The summed E-state index contributed by atoms with van der Waals surface area (Å²) in [7, 11) is 0. The number of rotatable bonds is 2. The molecular formula is C18H22ClN3O2. The lowest BCUT2D eigenvalue weighted by molar-refractivity contribution is -0.117. The molecule has 2 heterocycles. The molecule has 1 aliphatic carbocycles. The van der Waals surface area contributed by atoms with Crippen LogP contribution in [0.25, 0.3) is 0 Å². The van der Waals surface area contributed by atoms with E-state index in [2.05, 4.69) is 0 Å². The van der Waals surface area contributed by atoms with Gasteiger partial charge in [-0.3, -0.25) is 9.59 Å². The Morgan fingerprint density at radius 1 is 1.25 bits per heavy atom. The Morgan fingerprint density at radius 3 is 2.79 bits per heavy atom. The van der Waals surface area contributed by atoms with Gasteiger partial charge in [-0.1, -0.05) is 11.6 Å². The Bertz CT molecular complexity index is 693. The Balaban J connectivity index is 1.57. The van der Waals surface area contributed by atoms with Gasteiger partial charge in [0.1, 0.15) is 0 Å². The molecule has 2 amide bonds. The first-order valence-corrected chi connectivity index (χ1v) is 9.07. The molecule has 0 radical (unpaired) electrons. The zero-order valence-corrected chi connectivity index (χ0v) is 14.3. The van der Waals surface area contributed by atoms with Crippen LogP contribution in [0.5, 0.6) is 0 Å². The fraction of sp³-hybridized carbons (Fsp3) is 0.556. The number of carbonyl (C=O) groups excluding carboxylic acids is 2. The second-order valence-electron chi connectivity index (χ2n) is 7.19. The predicted molar refractivity (Wildman–Crippen MR) is 93.1 cm³/mol.